The molecule has 2 aromatic heterocycles. The van der Waals surface area contributed by atoms with E-state index < -0.39 is 0 Å². The Bertz CT molecular complexity index is 514. The Kier molecular flexibility index (Phi) is 3.41. The van der Waals surface area contributed by atoms with Crippen molar-refractivity contribution in [1.29, 1.82) is 0 Å². The summed E-state index contributed by atoms with van der Waals surface area (Å²) in [6, 6.07) is 0. The molecule has 0 saturated heterocycles. The third-order valence-electron chi connectivity index (χ3n) is 3.44. The Labute approximate surface area is 110 Å². The van der Waals surface area contributed by atoms with Crippen LogP contribution in [0.1, 0.15) is 60.9 Å². The number of hydrogen-bond acceptors (Lipinski definition) is 5. The predicted octanol–water partition coefficient (Wildman–Crippen LogP) is 3.34. The summed E-state index contributed by atoms with van der Waals surface area (Å²) in [6.07, 6.45) is 6.64. The highest BCUT2D eigenvalue weighted by atomic mass is 32.1. The van der Waals surface area contributed by atoms with E-state index in [1.165, 1.54) is 30.7 Å². The summed E-state index contributed by atoms with van der Waals surface area (Å²) >= 11 is 1.70. The number of thiazole rings is 1. The summed E-state index contributed by atoms with van der Waals surface area (Å²) in [6.45, 7) is 2.12. The minimum atomic E-state index is 0.518. The quantitative estimate of drug-likeness (QED) is 0.849. The smallest absolute Gasteiger partial charge is 0.232 e. The van der Waals surface area contributed by atoms with Crippen molar-refractivity contribution in [3.05, 3.63) is 27.8 Å². The van der Waals surface area contributed by atoms with Crippen LogP contribution in [0.4, 0.5) is 0 Å². The second-order valence-corrected chi connectivity index (χ2v) is 5.73. The normalized spacial score (nSPS) is 16.5. The van der Waals surface area contributed by atoms with E-state index in [0.717, 1.165) is 17.9 Å². The van der Waals surface area contributed by atoms with Crippen LogP contribution in [0.25, 0.3) is 0 Å². The van der Waals surface area contributed by atoms with Crippen molar-refractivity contribution in [2.45, 2.75) is 51.4 Å². The molecular weight excluding hydrogens is 246 g/mol. The first kappa shape index (κ1) is 11.8. The maximum Gasteiger partial charge on any atom is 0.232 e. The van der Waals surface area contributed by atoms with Gasteiger partial charge in [-0.2, -0.15) is 4.98 Å². The summed E-state index contributed by atoms with van der Waals surface area (Å²) in [4.78, 5) is 9.03. The Balaban J connectivity index is 1.69. The Morgan fingerprint density at radius 3 is 2.89 bits per heavy atom. The molecule has 1 aliphatic rings. The van der Waals surface area contributed by atoms with Crippen molar-refractivity contribution >= 4 is 11.3 Å². The van der Waals surface area contributed by atoms with Gasteiger partial charge in [-0.1, -0.05) is 24.9 Å². The third-order valence-corrected chi connectivity index (χ3v) is 4.48. The molecule has 0 N–H and O–H groups in total. The van der Waals surface area contributed by atoms with E-state index in [9.17, 15) is 0 Å². The molecular formula is C13H17N3OS. The molecule has 5 heteroatoms. The van der Waals surface area contributed by atoms with Crippen LogP contribution in [0.15, 0.2) is 9.90 Å². The topological polar surface area (TPSA) is 51.8 Å². The summed E-state index contributed by atoms with van der Waals surface area (Å²) in [5, 5.41) is 7.36. The van der Waals surface area contributed by atoms with Gasteiger partial charge in [-0.05, 0) is 19.3 Å². The van der Waals surface area contributed by atoms with Gasteiger partial charge >= 0.3 is 0 Å². The molecule has 0 amide bonds. The van der Waals surface area contributed by atoms with Crippen LogP contribution in [-0.4, -0.2) is 15.1 Å². The third kappa shape index (κ3) is 2.46. The van der Waals surface area contributed by atoms with E-state index in [2.05, 4.69) is 27.4 Å². The molecule has 0 radical (unpaired) electrons. The highest BCUT2D eigenvalue weighted by molar-refractivity contribution is 7.09. The average molecular weight is 263 g/mol. The lowest BCUT2D eigenvalue weighted by molar-refractivity contribution is 0.375. The lowest BCUT2D eigenvalue weighted by atomic mass is 10.1. The molecule has 0 bridgehead atoms. The van der Waals surface area contributed by atoms with Gasteiger partial charge in [-0.15, -0.1) is 11.3 Å². The summed E-state index contributed by atoms with van der Waals surface area (Å²) in [5.74, 6) is 2.11. The standard InChI is InChI=1S/C13H17N3OS/c1-2-12-14-10(8-18-12)7-11-15-13(16-17-11)9-5-3-4-6-9/h8-9H,2-7H2,1H3. The molecule has 2 aromatic rings. The first-order valence-electron chi connectivity index (χ1n) is 6.61. The lowest BCUT2D eigenvalue weighted by Crippen LogP contribution is -1.96. The maximum atomic E-state index is 5.33. The van der Waals surface area contributed by atoms with Gasteiger partial charge in [0.2, 0.25) is 5.89 Å². The first-order chi connectivity index (χ1) is 8.85. The lowest BCUT2D eigenvalue weighted by Gasteiger charge is -1.99. The van der Waals surface area contributed by atoms with Crippen molar-refractivity contribution in [2.24, 2.45) is 0 Å². The van der Waals surface area contributed by atoms with Gasteiger partial charge in [0.05, 0.1) is 17.1 Å². The van der Waals surface area contributed by atoms with Gasteiger partial charge in [0.25, 0.3) is 0 Å². The molecule has 0 atom stereocenters. The van der Waals surface area contributed by atoms with E-state index in [0.29, 0.717) is 18.2 Å². The van der Waals surface area contributed by atoms with Crippen LogP contribution in [0.5, 0.6) is 0 Å². The van der Waals surface area contributed by atoms with Gasteiger partial charge in [-0.25, -0.2) is 4.98 Å². The fourth-order valence-electron chi connectivity index (χ4n) is 2.44. The fourth-order valence-corrected chi connectivity index (χ4v) is 3.18. The Morgan fingerprint density at radius 1 is 1.33 bits per heavy atom. The second-order valence-electron chi connectivity index (χ2n) is 4.79. The van der Waals surface area contributed by atoms with E-state index in [-0.39, 0.29) is 0 Å². The monoisotopic (exact) mass is 263 g/mol. The summed E-state index contributed by atoms with van der Waals surface area (Å²) < 4.78 is 5.33. The molecule has 18 heavy (non-hydrogen) atoms. The van der Waals surface area contributed by atoms with Crippen LogP contribution in [0.2, 0.25) is 0 Å². The van der Waals surface area contributed by atoms with E-state index in [1.807, 2.05) is 0 Å². The molecule has 0 aliphatic heterocycles. The van der Waals surface area contributed by atoms with E-state index in [4.69, 9.17) is 4.52 Å². The molecule has 1 fully saturated rings. The molecule has 4 nitrogen and oxygen atoms in total. The Hall–Kier alpha value is -1.23. The molecule has 0 aromatic carbocycles. The molecule has 0 spiro atoms. The average Bonchev–Trinajstić information content (AvgIpc) is 3.10. The van der Waals surface area contributed by atoms with Crippen molar-refractivity contribution in [3.63, 3.8) is 0 Å². The zero-order valence-electron chi connectivity index (χ0n) is 10.6. The maximum absolute atomic E-state index is 5.33. The molecule has 1 aliphatic carbocycles. The SMILES string of the molecule is CCc1nc(Cc2nc(C3CCCC3)no2)cs1. The largest absolute Gasteiger partial charge is 0.339 e. The minimum absolute atomic E-state index is 0.518. The van der Waals surface area contributed by atoms with E-state index in [1.54, 1.807) is 11.3 Å². The van der Waals surface area contributed by atoms with Crippen molar-refractivity contribution in [3.8, 4) is 0 Å². The summed E-state index contributed by atoms with van der Waals surface area (Å²) in [7, 11) is 0. The van der Waals surface area contributed by atoms with Crippen LogP contribution in [0, 0.1) is 0 Å². The van der Waals surface area contributed by atoms with Gasteiger partial charge in [0, 0.05) is 11.3 Å². The molecule has 0 unspecified atom stereocenters. The van der Waals surface area contributed by atoms with Crippen LogP contribution < -0.4 is 0 Å². The van der Waals surface area contributed by atoms with Crippen LogP contribution >= 0.6 is 11.3 Å². The molecule has 2 heterocycles. The first-order valence-corrected chi connectivity index (χ1v) is 7.49. The second kappa shape index (κ2) is 5.18. The number of nitrogens with zero attached hydrogens (tertiary/aromatic N) is 3. The van der Waals surface area contributed by atoms with Gasteiger partial charge in [0.1, 0.15) is 0 Å². The van der Waals surface area contributed by atoms with Crippen LogP contribution in [-0.2, 0) is 12.8 Å². The highest BCUT2D eigenvalue weighted by Gasteiger charge is 2.22. The number of rotatable bonds is 4. The van der Waals surface area contributed by atoms with Crippen molar-refractivity contribution in [1.82, 2.24) is 15.1 Å². The predicted molar refractivity (Wildman–Crippen MR) is 69.8 cm³/mol. The fraction of sp³-hybridized carbons (Fsp3) is 0.615. The van der Waals surface area contributed by atoms with Crippen molar-refractivity contribution < 1.29 is 4.52 Å². The van der Waals surface area contributed by atoms with Crippen LogP contribution in [0.3, 0.4) is 0 Å². The van der Waals surface area contributed by atoms with Gasteiger partial charge < -0.3 is 4.52 Å². The number of hydrogen-bond donors (Lipinski definition) is 0. The zero-order valence-corrected chi connectivity index (χ0v) is 11.4. The molecule has 96 valence electrons. The Morgan fingerprint density at radius 2 is 2.17 bits per heavy atom. The molecule has 1 saturated carbocycles. The van der Waals surface area contributed by atoms with Gasteiger partial charge in [0.15, 0.2) is 5.82 Å². The number of aromatic nitrogens is 3. The van der Waals surface area contributed by atoms with Crippen molar-refractivity contribution in [2.75, 3.05) is 0 Å². The molecule has 3 rings (SSSR count). The zero-order chi connectivity index (χ0) is 12.4. The van der Waals surface area contributed by atoms with E-state index >= 15 is 0 Å². The minimum Gasteiger partial charge on any atom is -0.339 e. The number of aryl methyl sites for hydroxylation is 1. The summed E-state index contributed by atoms with van der Waals surface area (Å²) in [5.41, 5.74) is 1.04. The highest BCUT2D eigenvalue weighted by Crippen LogP contribution is 2.32. The van der Waals surface area contributed by atoms with Gasteiger partial charge in [-0.3, -0.25) is 0 Å².